The van der Waals surface area contributed by atoms with E-state index in [0.717, 1.165) is 58.1 Å². The normalized spacial score (nSPS) is 15.9. The van der Waals surface area contributed by atoms with E-state index in [-0.39, 0.29) is 0 Å². The summed E-state index contributed by atoms with van der Waals surface area (Å²) in [4.78, 5) is 21.7. The van der Waals surface area contributed by atoms with Gasteiger partial charge in [-0.3, -0.25) is 0 Å². The molecule has 5 heterocycles. The van der Waals surface area contributed by atoms with Crippen LogP contribution in [0.15, 0.2) is 48.8 Å². The van der Waals surface area contributed by atoms with Crippen LogP contribution >= 0.6 is 11.3 Å². The second-order valence-electron chi connectivity index (χ2n) is 6.37. The molecule has 6 heteroatoms. The zero-order valence-electron chi connectivity index (χ0n) is 13.7. The Morgan fingerprint density at radius 1 is 0.920 bits per heavy atom. The van der Waals surface area contributed by atoms with Gasteiger partial charge in [-0.25, -0.2) is 19.9 Å². The van der Waals surface area contributed by atoms with Crippen LogP contribution in [-0.4, -0.2) is 33.0 Å². The third-order valence-corrected chi connectivity index (χ3v) is 5.86. The van der Waals surface area contributed by atoms with Gasteiger partial charge in [-0.2, -0.15) is 0 Å². The van der Waals surface area contributed by atoms with Gasteiger partial charge in [-0.05, 0) is 49.2 Å². The molecular weight excluding hydrogens is 330 g/mol. The average Bonchev–Trinajstić information content (AvgIpc) is 3.12. The first-order valence-electron chi connectivity index (χ1n) is 8.55. The number of rotatable bonds is 2. The third kappa shape index (κ3) is 2.72. The maximum absolute atomic E-state index is 4.78. The Morgan fingerprint density at radius 3 is 2.64 bits per heavy atom. The molecule has 0 aromatic carbocycles. The Bertz CT molecular complexity index is 1000. The van der Waals surface area contributed by atoms with E-state index in [1.165, 1.54) is 0 Å². The molecule has 5 nitrogen and oxygen atoms in total. The SMILES string of the molecule is c1cnc2nc(C3CCN(c4nc5cccnc5s4)CC3)ccc2c1. The van der Waals surface area contributed by atoms with Crippen molar-refractivity contribution in [3.8, 4) is 0 Å². The fourth-order valence-corrected chi connectivity index (χ4v) is 4.42. The first-order valence-corrected chi connectivity index (χ1v) is 9.37. The number of pyridine rings is 3. The topological polar surface area (TPSA) is 54.8 Å². The molecular formula is C19H17N5S. The van der Waals surface area contributed by atoms with Crippen LogP contribution in [0.4, 0.5) is 5.13 Å². The smallest absolute Gasteiger partial charge is 0.187 e. The van der Waals surface area contributed by atoms with Crippen molar-refractivity contribution in [2.45, 2.75) is 18.8 Å². The first kappa shape index (κ1) is 14.7. The van der Waals surface area contributed by atoms with E-state index < -0.39 is 0 Å². The molecule has 1 aliphatic heterocycles. The Labute approximate surface area is 149 Å². The molecule has 1 fully saturated rings. The third-order valence-electron chi connectivity index (χ3n) is 4.82. The molecule has 0 unspecified atom stereocenters. The molecule has 124 valence electrons. The lowest BCUT2D eigenvalue weighted by Crippen LogP contribution is -2.33. The molecule has 0 aliphatic carbocycles. The Hall–Kier alpha value is -2.60. The quantitative estimate of drug-likeness (QED) is 0.548. The van der Waals surface area contributed by atoms with Crippen molar-refractivity contribution >= 4 is 37.8 Å². The van der Waals surface area contributed by atoms with E-state index in [2.05, 4.69) is 33.1 Å². The number of thiazole rings is 1. The minimum atomic E-state index is 0.496. The minimum Gasteiger partial charge on any atom is -0.348 e. The lowest BCUT2D eigenvalue weighted by Gasteiger charge is -2.31. The fraction of sp³-hybridized carbons (Fsp3) is 0.263. The van der Waals surface area contributed by atoms with Gasteiger partial charge >= 0.3 is 0 Å². The van der Waals surface area contributed by atoms with E-state index in [0.29, 0.717) is 5.92 Å². The lowest BCUT2D eigenvalue weighted by molar-refractivity contribution is 0.497. The highest BCUT2D eigenvalue weighted by molar-refractivity contribution is 7.21. The number of fused-ring (bicyclic) bond motifs is 2. The second-order valence-corrected chi connectivity index (χ2v) is 7.33. The summed E-state index contributed by atoms with van der Waals surface area (Å²) in [6.07, 6.45) is 5.82. The number of hydrogen-bond donors (Lipinski definition) is 0. The van der Waals surface area contributed by atoms with E-state index in [9.17, 15) is 0 Å². The van der Waals surface area contributed by atoms with Crippen molar-refractivity contribution in [2.75, 3.05) is 18.0 Å². The van der Waals surface area contributed by atoms with Gasteiger partial charge in [0.2, 0.25) is 0 Å². The van der Waals surface area contributed by atoms with Gasteiger partial charge in [-0.1, -0.05) is 11.3 Å². The van der Waals surface area contributed by atoms with Gasteiger partial charge in [0, 0.05) is 42.5 Å². The van der Waals surface area contributed by atoms with Gasteiger partial charge in [0.25, 0.3) is 0 Å². The van der Waals surface area contributed by atoms with Gasteiger partial charge in [0.05, 0.1) is 0 Å². The molecule has 0 saturated carbocycles. The molecule has 25 heavy (non-hydrogen) atoms. The molecule has 0 spiro atoms. The van der Waals surface area contributed by atoms with Gasteiger partial charge in [0.15, 0.2) is 10.8 Å². The molecule has 0 radical (unpaired) electrons. The zero-order chi connectivity index (χ0) is 16.6. The zero-order valence-corrected chi connectivity index (χ0v) is 14.5. The van der Waals surface area contributed by atoms with Crippen LogP contribution < -0.4 is 4.90 Å². The standard InChI is InChI=1S/C19H17N5S/c1-3-14-5-6-15(22-17(14)20-9-1)13-7-11-24(12-8-13)19-23-16-4-2-10-21-18(16)25-19/h1-6,9-10,13H,7-8,11-12H2. The first-order chi connectivity index (χ1) is 12.4. The summed E-state index contributed by atoms with van der Waals surface area (Å²) in [5.41, 5.74) is 3.00. The molecule has 5 rings (SSSR count). The van der Waals surface area contributed by atoms with Crippen LogP contribution in [0, 0.1) is 0 Å². The Kier molecular flexibility index (Phi) is 3.56. The maximum atomic E-state index is 4.78. The number of hydrogen-bond acceptors (Lipinski definition) is 6. The van der Waals surface area contributed by atoms with Gasteiger partial charge < -0.3 is 4.90 Å². The van der Waals surface area contributed by atoms with Crippen molar-refractivity contribution in [1.82, 2.24) is 19.9 Å². The molecule has 0 bridgehead atoms. The molecule has 4 aromatic heterocycles. The van der Waals surface area contributed by atoms with Crippen molar-refractivity contribution in [2.24, 2.45) is 0 Å². The summed E-state index contributed by atoms with van der Waals surface area (Å²) in [6, 6.07) is 12.3. The Morgan fingerprint density at radius 2 is 1.76 bits per heavy atom. The number of anilines is 1. The molecule has 0 amide bonds. The van der Waals surface area contributed by atoms with Crippen LogP contribution in [0.25, 0.3) is 21.4 Å². The summed E-state index contributed by atoms with van der Waals surface area (Å²) in [6.45, 7) is 2.01. The van der Waals surface area contributed by atoms with Crippen LogP contribution in [0.3, 0.4) is 0 Å². The molecule has 4 aromatic rings. The number of piperidine rings is 1. The average molecular weight is 347 g/mol. The molecule has 0 atom stereocenters. The highest BCUT2D eigenvalue weighted by Crippen LogP contribution is 2.33. The molecule has 1 saturated heterocycles. The maximum Gasteiger partial charge on any atom is 0.187 e. The van der Waals surface area contributed by atoms with Gasteiger partial charge in [-0.15, -0.1) is 0 Å². The highest BCUT2D eigenvalue weighted by atomic mass is 32.1. The highest BCUT2D eigenvalue weighted by Gasteiger charge is 2.24. The lowest BCUT2D eigenvalue weighted by atomic mass is 9.93. The van der Waals surface area contributed by atoms with Crippen LogP contribution in [-0.2, 0) is 0 Å². The van der Waals surface area contributed by atoms with Crippen LogP contribution in [0.5, 0.6) is 0 Å². The second kappa shape index (κ2) is 6.04. The summed E-state index contributed by atoms with van der Waals surface area (Å²) in [5, 5.41) is 2.19. The van der Waals surface area contributed by atoms with E-state index in [1.807, 2.05) is 30.6 Å². The van der Waals surface area contributed by atoms with E-state index in [4.69, 9.17) is 9.97 Å². The monoisotopic (exact) mass is 347 g/mol. The van der Waals surface area contributed by atoms with Crippen molar-refractivity contribution < 1.29 is 0 Å². The van der Waals surface area contributed by atoms with Crippen molar-refractivity contribution in [3.63, 3.8) is 0 Å². The van der Waals surface area contributed by atoms with E-state index >= 15 is 0 Å². The number of nitrogens with zero attached hydrogens (tertiary/aromatic N) is 5. The minimum absolute atomic E-state index is 0.496. The molecule has 0 N–H and O–H groups in total. The number of aromatic nitrogens is 4. The molecule has 1 aliphatic rings. The van der Waals surface area contributed by atoms with Crippen molar-refractivity contribution in [1.29, 1.82) is 0 Å². The summed E-state index contributed by atoms with van der Waals surface area (Å²) in [5.74, 6) is 0.496. The predicted octanol–water partition coefficient (Wildman–Crippen LogP) is 4.02. The summed E-state index contributed by atoms with van der Waals surface area (Å²) < 4.78 is 0. The van der Waals surface area contributed by atoms with Crippen LogP contribution in [0.2, 0.25) is 0 Å². The van der Waals surface area contributed by atoms with E-state index in [1.54, 1.807) is 11.3 Å². The summed E-state index contributed by atoms with van der Waals surface area (Å²) >= 11 is 1.68. The predicted molar refractivity (Wildman–Crippen MR) is 101 cm³/mol. The Balaban J connectivity index is 1.34. The van der Waals surface area contributed by atoms with Crippen molar-refractivity contribution in [3.05, 3.63) is 54.5 Å². The van der Waals surface area contributed by atoms with Crippen LogP contribution in [0.1, 0.15) is 24.5 Å². The largest absolute Gasteiger partial charge is 0.348 e. The van der Waals surface area contributed by atoms with Gasteiger partial charge in [0.1, 0.15) is 10.3 Å². The summed E-state index contributed by atoms with van der Waals surface area (Å²) in [7, 11) is 0. The fourth-order valence-electron chi connectivity index (χ4n) is 3.46.